The van der Waals surface area contributed by atoms with E-state index < -0.39 is 0 Å². The number of methoxy groups -OCH3 is 3. The minimum atomic E-state index is 0.276. The third kappa shape index (κ3) is 2.95. The van der Waals surface area contributed by atoms with Crippen molar-refractivity contribution in [2.24, 2.45) is 0 Å². The summed E-state index contributed by atoms with van der Waals surface area (Å²) < 4.78 is 16.1. The van der Waals surface area contributed by atoms with Gasteiger partial charge in [0.05, 0.1) is 21.3 Å². The van der Waals surface area contributed by atoms with Gasteiger partial charge in [0.25, 0.3) is 0 Å². The zero-order valence-corrected chi connectivity index (χ0v) is 12.2. The van der Waals surface area contributed by atoms with Crippen LogP contribution < -0.4 is 19.5 Å². The lowest BCUT2D eigenvalue weighted by molar-refractivity contribution is 0.206. The summed E-state index contributed by atoms with van der Waals surface area (Å²) in [6, 6.07) is 3.85. The third-order valence-electron chi connectivity index (χ3n) is 3.95. The topological polar surface area (TPSA) is 39.7 Å². The van der Waals surface area contributed by atoms with Gasteiger partial charge in [-0.05, 0) is 32.3 Å². The van der Waals surface area contributed by atoms with Gasteiger partial charge in [0, 0.05) is 23.7 Å². The Morgan fingerprint density at radius 1 is 1.00 bits per heavy atom. The fraction of sp³-hybridized carbons (Fsp3) is 0.600. The van der Waals surface area contributed by atoms with E-state index in [4.69, 9.17) is 14.2 Å². The molecule has 0 heterocycles. The monoisotopic (exact) mass is 265 g/mol. The van der Waals surface area contributed by atoms with Crippen molar-refractivity contribution in [2.75, 3.05) is 21.3 Å². The zero-order valence-electron chi connectivity index (χ0n) is 12.2. The van der Waals surface area contributed by atoms with Crippen LogP contribution in [0.4, 0.5) is 0 Å². The zero-order chi connectivity index (χ0) is 13.9. The molecule has 1 fully saturated rings. The van der Waals surface area contributed by atoms with Crippen LogP contribution in [-0.4, -0.2) is 26.9 Å². The molecular formula is C15H23NO3. The van der Waals surface area contributed by atoms with Gasteiger partial charge < -0.3 is 19.5 Å². The molecule has 4 nitrogen and oxygen atoms in total. The van der Waals surface area contributed by atoms with Crippen LogP contribution in [0.25, 0.3) is 0 Å². The molecule has 0 radical (unpaired) electrons. The Balaban J connectivity index is 2.17. The molecule has 1 aliphatic carbocycles. The molecule has 1 aromatic rings. The molecule has 1 aliphatic rings. The minimum absolute atomic E-state index is 0.276. The van der Waals surface area contributed by atoms with Crippen molar-refractivity contribution in [1.29, 1.82) is 0 Å². The minimum Gasteiger partial charge on any atom is -0.496 e. The maximum atomic E-state index is 5.43. The predicted octanol–water partition coefficient (Wildman–Crippen LogP) is 2.74. The first-order chi connectivity index (χ1) is 9.11. The Bertz CT molecular complexity index is 441. The highest BCUT2D eigenvalue weighted by atomic mass is 16.5. The molecule has 0 aliphatic heterocycles. The van der Waals surface area contributed by atoms with E-state index in [0.29, 0.717) is 5.75 Å². The normalized spacial score (nSPS) is 16.6. The van der Waals surface area contributed by atoms with Gasteiger partial charge in [-0.15, -0.1) is 0 Å². The van der Waals surface area contributed by atoms with E-state index in [1.165, 1.54) is 19.3 Å². The van der Waals surface area contributed by atoms with E-state index in [1.54, 1.807) is 21.3 Å². The van der Waals surface area contributed by atoms with Crippen LogP contribution in [0.2, 0.25) is 0 Å². The number of nitrogens with one attached hydrogen (secondary N) is 1. The van der Waals surface area contributed by atoms with Crippen molar-refractivity contribution < 1.29 is 14.2 Å². The Kier molecular flexibility index (Phi) is 4.20. The highest BCUT2D eigenvalue weighted by Crippen LogP contribution is 2.36. The van der Waals surface area contributed by atoms with Crippen LogP contribution in [0.15, 0.2) is 12.1 Å². The van der Waals surface area contributed by atoms with Crippen LogP contribution >= 0.6 is 0 Å². The molecule has 0 unspecified atom stereocenters. The van der Waals surface area contributed by atoms with E-state index in [9.17, 15) is 0 Å². The molecule has 0 saturated heterocycles. The van der Waals surface area contributed by atoms with Crippen molar-refractivity contribution in [3.05, 3.63) is 17.7 Å². The Labute approximate surface area is 115 Å². The van der Waals surface area contributed by atoms with Crippen molar-refractivity contribution in [1.82, 2.24) is 5.32 Å². The average Bonchev–Trinajstić information content (AvgIpc) is 2.41. The first kappa shape index (κ1) is 14.0. The number of ether oxygens (including phenoxy) is 3. The van der Waals surface area contributed by atoms with Gasteiger partial charge in [0.1, 0.15) is 5.75 Å². The number of hydrogen-bond donors (Lipinski definition) is 1. The first-order valence-corrected chi connectivity index (χ1v) is 6.66. The molecule has 2 rings (SSSR count). The van der Waals surface area contributed by atoms with Crippen LogP contribution in [0.1, 0.15) is 31.7 Å². The van der Waals surface area contributed by atoms with E-state index in [1.807, 2.05) is 12.1 Å². The fourth-order valence-electron chi connectivity index (χ4n) is 2.42. The smallest absolute Gasteiger partial charge is 0.164 e. The lowest BCUT2D eigenvalue weighted by Crippen LogP contribution is -2.47. The Morgan fingerprint density at radius 2 is 1.58 bits per heavy atom. The third-order valence-corrected chi connectivity index (χ3v) is 3.95. The van der Waals surface area contributed by atoms with Crippen molar-refractivity contribution in [2.45, 2.75) is 38.3 Å². The lowest BCUT2D eigenvalue weighted by atomic mass is 9.78. The van der Waals surface area contributed by atoms with E-state index in [2.05, 4.69) is 12.2 Å². The van der Waals surface area contributed by atoms with Crippen LogP contribution in [-0.2, 0) is 6.54 Å². The molecule has 0 aromatic heterocycles. The van der Waals surface area contributed by atoms with Crippen LogP contribution in [0.3, 0.4) is 0 Å². The molecule has 0 spiro atoms. The van der Waals surface area contributed by atoms with Gasteiger partial charge in [0.2, 0.25) is 0 Å². The summed E-state index contributed by atoms with van der Waals surface area (Å²) in [5.41, 5.74) is 1.37. The summed E-state index contributed by atoms with van der Waals surface area (Å²) in [6.07, 6.45) is 3.79. The maximum absolute atomic E-state index is 5.43. The quantitative estimate of drug-likeness (QED) is 0.858. The number of rotatable bonds is 6. The molecule has 1 aromatic carbocycles. The van der Waals surface area contributed by atoms with Crippen molar-refractivity contribution >= 4 is 0 Å². The van der Waals surface area contributed by atoms with Gasteiger partial charge in [-0.1, -0.05) is 0 Å². The van der Waals surface area contributed by atoms with E-state index in [-0.39, 0.29) is 5.54 Å². The van der Waals surface area contributed by atoms with Gasteiger partial charge in [-0.2, -0.15) is 0 Å². The molecule has 1 N–H and O–H groups in total. The largest absolute Gasteiger partial charge is 0.496 e. The van der Waals surface area contributed by atoms with Crippen LogP contribution in [0.5, 0.6) is 17.2 Å². The maximum Gasteiger partial charge on any atom is 0.164 e. The summed E-state index contributed by atoms with van der Waals surface area (Å²) >= 11 is 0. The summed E-state index contributed by atoms with van der Waals surface area (Å²) in [5.74, 6) is 2.25. The molecule has 0 amide bonds. The van der Waals surface area contributed by atoms with Crippen molar-refractivity contribution in [3.63, 3.8) is 0 Å². The van der Waals surface area contributed by atoms with Gasteiger partial charge in [-0.25, -0.2) is 0 Å². The number of hydrogen-bond acceptors (Lipinski definition) is 4. The lowest BCUT2D eigenvalue weighted by Gasteiger charge is -2.39. The summed E-state index contributed by atoms with van der Waals surface area (Å²) in [4.78, 5) is 0. The number of benzene rings is 1. The SMILES string of the molecule is COc1cc(OC)c(OC)cc1CNC1(C)CCC1. The molecule has 1 saturated carbocycles. The average molecular weight is 265 g/mol. The molecular weight excluding hydrogens is 242 g/mol. The highest BCUT2D eigenvalue weighted by Gasteiger charge is 2.31. The fourth-order valence-corrected chi connectivity index (χ4v) is 2.42. The van der Waals surface area contributed by atoms with Gasteiger partial charge >= 0.3 is 0 Å². The first-order valence-electron chi connectivity index (χ1n) is 6.66. The second kappa shape index (κ2) is 5.70. The van der Waals surface area contributed by atoms with E-state index >= 15 is 0 Å². The second-order valence-electron chi connectivity index (χ2n) is 5.29. The van der Waals surface area contributed by atoms with Gasteiger partial charge in [-0.3, -0.25) is 0 Å². The van der Waals surface area contributed by atoms with Crippen molar-refractivity contribution in [3.8, 4) is 17.2 Å². The Hall–Kier alpha value is -1.42. The molecule has 106 valence electrons. The molecule has 19 heavy (non-hydrogen) atoms. The summed E-state index contributed by atoms with van der Waals surface area (Å²) in [5, 5.41) is 3.60. The predicted molar refractivity (Wildman–Crippen MR) is 75.2 cm³/mol. The van der Waals surface area contributed by atoms with Gasteiger partial charge in [0.15, 0.2) is 11.5 Å². The second-order valence-corrected chi connectivity index (χ2v) is 5.29. The van der Waals surface area contributed by atoms with E-state index in [0.717, 1.165) is 23.6 Å². The molecule has 4 heteroatoms. The summed E-state index contributed by atoms with van der Waals surface area (Å²) in [6.45, 7) is 3.05. The van der Waals surface area contributed by atoms with Crippen LogP contribution in [0, 0.1) is 0 Å². The standard InChI is InChI=1S/C15H23NO3/c1-15(6-5-7-15)16-10-11-8-13(18-3)14(19-4)9-12(11)17-2/h8-9,16H,5-7,10H2,1-4H3. The Morgan fingerprint density at radius 3 is 2.05 bits per heavy atom. The molecule has 0 bridgehead atoms. The highest BCUT2D eigenvalue weighted by molar-refractivity contribution is 5.50. The summed E-state index contributed by atoms with van der Waals surface area (Å²) in [7, 11) is 4.95. The molecule has 0 atom stereocenters.